The van der Waals surface area contributed by atoms with Crippen LogP contribution in [0.4, 0.5) is 20.3 Å². The molecule has 0 radical (unpaired) electrons. The maximum atomic E-state index is 14.2. The summed E-state index contributed by atoms with van der Waals surface area (Å²) in [5.41, 5.74) is 2.53. The molecule has 2 heterocycles. The third kappa shape index (κ3) is 3.33. The van der Waals surface area contributed by atoms with Crippen molar-refractivity contribution < 1.29 is 8.78 Å². The van der Waals surface area contributed by atoms with Crippen molar-refractivity contribution in [2.24, 2.45) is 0 Å². The van der Waals surface area contributed by atoms with Crippen LogP contribution in [0.15, 0.2) is 67.3 Å². The van der Waals surface area contributed by atoms with Gasteiger partial charge in [-0.25, -0.2) is 18.7 Å². The highest BCUT2D eigenvalue weighted by molar-refractivity contribution is 5.86. The minimum atomic E-state index is -0.883. The molecule has 0 bridgehead atoms. The standard InChI is InChI=1S/C21H16F2N4/c1-14-9-20(26-13-25-14)27(16-5-3-2-4-6-16)12-15-10-24-11-18-17(15)7-8-19(22)21(18)23/h2-11,13H,12H2,1H3. The molecule has 4 nitrogen and oxygen atoms in total. The summed E-state index contributed by atoms with van der Waals surface area (Å²) in [5.74, 6) is -1.05. The van der Waals surface area contributed by atoms with Crippen molar-refractivity contribution in [2.75, 3.05) is 4.90 Å². The minimum absolute atomic E-state index is 0.166. The van der Waals surface area contributed by atoms with Crippen LogP contribution in [0.2, 0.25) is 0 Å². The van der Waals surface area contributed by atoms with Crippen molar-refractivity contribution in [3.63, 3.8) is 0 Å². The Hall–Kier alpha value is -3.41. The van der Waals surface area contributed by atoms with E-state index >= 15 is 0 Å². The molecule has 0 atom stereocenters. The molecule has 0 N–H and O–H groups in total. The summed E-state index contributed by atoms with van der Waals surface area (Å²) in [4.78, 5) is 14.6. The highest BCUT2D eigenvalue weighted by atomic mass is 19.2. The van der Waals surface area contributed by atoms with Gasteiger partial charge in [0.1, 0.15) is 12.1 Å². The second kappa shape index (κ2) is 7.07. The average Bonchev–Trinajstić information content (AvgIpc) is 2.70. The van der Waals surface area contributed by atoms with E-state index in [1.54, 1.807) is 12.3 Å². The maximum absolute atomic E-state index is 14.2. The molecule has 6 heteroatoms. The Labute approximate surface area is 155 Å². The number of nitrogens with zero attached hydrogens (tertiary/aromatic N) is 4. The summed E-state index contributed by atoms with van der Waals surface area (Å²) in [6.07, 6.45) is 4.53. The molecular formula is C21H16F2N4. The normalized spacial score (nSPS) is 10.9. The average molecular weight is 362 g/mol. The molecule has 0 unspecified atom stereocenters. The highest BCUT2D eigenvalue weighted by Crippen LogP contribution is 2.29. The molecule has 0 aliphatic heterocycles. The zero-order valence-corrected chi connectivity index (χ0v) is 14.6. The third-order valence-corrected chi connectivity index (χ3v) is 4.37. The number of anilines is 2. The number of aryl methyl sites for hydroxylation is 1. The van der Waals surface area contributed by atoms with Crippen molar-refractivity contribution in [3.8, 4) is 0 Å². The van der Waals surface area contributed by atoms with Gasteiger partial charge in [-0.05, 0) is 36.1 Å². The van der Waals surface area contributed by atoms with Gasteiger partial charge in [-0.2, -0.15) is 0 Å². The van der Waals surface area contributed by atoms with E-state index in [1.807, 2.05) is 48.2 Å². The Morgan fingerprint density at radius 3 is 2.52 bits per heavy atom. The van der Waals surface area contributed by atoms with Crippen LogP contribution in [0.5, 0.6) is 0 Å². The lowest BCUT2D eigenvalue weighted by Crippen LogP contribution is -2.18. The van der Waals surface area contributed by atoms with Gasteiger partial charge in [0.05, 0.1) is 6.54 Å². The van der Waals surface area contributed by atoms with Crippen LogP contribution in [-0.4, -0.2) is 15.0 Å². The molecule has 134 valence electrons. The predicted molar refractivity (Wildman–Crippen MR) is 101 cm³/mol. The van der Waals surface area contributed by atoms with Gasteiger partial charge in [-0.1, -0.05) is 24.3 Å². The molecule has 2 aromatic heterocycles. The van der Waals surface area contributed by atoms with Crippen molar-refractivity contribution in [3.05, 3.63) is 90.1 Å². The van der Waals surface area contributed by atoms with Crippen LogP contribution in [0.25, 0.3) is 10.8 Å². The summed E-state index contributed by atoms with van der Waals surface area (Å²) >= 11 is 0. The second-order valence-corrected chi connectivity index (χ2v) is 6.19. The van der Waals surface area contributed by atoms with E-state index < -0.39 is 11.6 Å². The number of aromatic nitrogens is 3. The van der Waals surface area contributed by atoms with Crippen LogP contribution in [0.1, 0.15) is 11.3 Å². The number of hydrogen-bond acceptors (Lipinski definition) is 4. The van der Waals surface area contributed by atoms with Crippen LogP contribution in [0, 0.1) is 18.6 Å². The van der Waals surface area contributed by atoms with Crippen LogP contribution >= 0.6 is 0 Å². The number of benzene rings is 2. The number of halogens is 2. The van der Waals surface area contributed by atoms with E-state index in [1.165, 1.54) is 12.5 Å². The fourth-order valence-corrected chi connectivity index (χ4v) is 3.04. The molecule has 4 aromatic rings. The number of pyridine rings is 1. The number of para-hydroxylation sites is 1. The van der Waals surface area contributed by atoms with Crippen LogP contribution < -0.4 is 4.90 Å². The highest BCUT2D eigenvalue weighted by Gasteiger charge is 2.16. The van der Waals surface area contributed by atoms with Crippen molar-refractivity contribution in [1.82, 2.24) is 15.0 Å². The zero-order chi connectivity index (χ0) is 18.8. The van der Waals surface area contributed by atoms with E-state index in [9.17, 15) is 8.78 Å². The summed E-state index contributed by atoms with van der Waals surface area (Å²) < 4.78 is 27.8. The Bertz CT molecular complexity index is 1100. The first-order valence-corrected chi connectivity index (χ1v) is 8.45. The van der Waals surface area contributed by atoms with Gasteiger partial charge in [-0.3, -0.25) is 4.98 Å². The van der Waals surface area contributed by atoms with E-state index in [2.05, 4.69) is 15.0 Å². The fraction of sp³-hybridized carbons (Fsp3) is 0.0952. The molecular weight excluding hydrogens is 346 g/mol. The van der Waals surface area contributed by atoms with Crippen molar-refractivity contribution in [1.29, 1.82) is 0 Å². The first-order chi connectivity index (χ1) is 13.1. The van der Waals surface area contributed by atoms with Crippen molar-refractivity contribution >= 4 is 22.3 Å². The van der Waals surface area contributed by atoms with E-state index in [0.29, 0.717) is 17.7 Å². The summed E-state index contributed by atoms with van der Waals surface area (Å²) in [5, 5.41) is 0.787. The molecule has 4 rings (SSSR count). The van der Waals surface area contributed by atoms with Crippen LogP contribution in [0.3, 0.4) is 0 Å². The molecule has 0 fully saturated rings. The molecule has 0 aliphatic rings. The van der Waals surface area contributed by atoms with Gasteiger partial charge >= 0.3 is 0 Å². The number of rotatable bonds is 4. The molecule has 0 saturated heterocycles. The monoisotopic (exact) mass is 362 g/mol. The zero-order valence-electron chi connectivity index (χ0n) is 14.6. The predicted octanol–water partition coefficient (Wildman–Crippen LogP) is 4.95. The summed E-state index contributed by atoms with van der Waals surface area (Å²) in [7, 11) is 0. The van der Waals surface area contributed by atoms with Gasteiger partial charge < -0.3 is 4.90 Å². The fourth-order valence-electron chi connectivity index (χ4n) is 3.04. The SMILES string of the molecule is Cc1cc(N(Cc2cncc3c(F)c(F)ccc23)c2ccccc2)ncn1. The second-order valence-electron chi connectivity index (χ2n) is 6.19. The lowest BCUT2D eigenvalue weighted by molar-refractivity contribution is 0.517. The summed E-state index contributed by atoms with van der Waals surface area (Å²) in [6, 6.07) is 14.4. The molecule has 0 amide bonds. The number of fused-ring (bicyclic) bond motifs is 1. The lowest BCUT2D eigenvalue weighted by atomic mass is 10.1. The molecule has 2 aromatic carbocycles. The largest absolute Gasteiger partial charge is 0.322 e. The number of hydrogen-bond donors (Lipinski definition) is 0. The van der Waals surface area contributed by atoms with Crippen LogP contribution in [-0.2, 0) is 6.54 Å². The Morgan fingerprint density at radius 1 is 0.926 bits per heavy atom. The Balaban J connectivity index is 1.83. The Kier molecular flexibility index (Phi) is 4.46. The van der Waals surface area contributed by atoms with Gasteiger partial charge in [0.15, 0.2) is 11.6 Å². The van der Waals surface area contributed by atoms with E-state index in [-0.39, 0.29) is 5.39 Å². The molecule has 0 spiro atoms. The smallest absolute Gasteiger partial charge is 0.168 e. The van der Waals surface area contributed by atoms with E-state index in [0.717, 1.165) is 23.0 Å². The maximum Gasteiger partial charge on any atom is 0.168 e. The first kappa shape index (κ1) is 17.0. The minimum Gasteiger partial charge on any atom is -0.322 e. The molecule has 27 heavy (non-hydrogen) atoms. The van der Waals surface area contributed by atoms with E-state index in [4.69, 9.17) is 0 Å². The van der Waals surface area contributed by atoms with Gasteiger partial charge in [0.2, 0.25) is 0 Å². The topological polar surface area (TPSA) is 41.9 Å². The lowest BCUT2D eigenvalue weighted by Gasteiger charge is -2.24. The Morgan fingerprint density at radius 2 is 1.74 bits per heavy atom. The van der Waals surface area contributed by atoms with Gasteiger partial charge in [0.25, 0.3) is 0 Å². The molecule has 0 saturated carbocycles. The summed E-state index contributed by atoms with van der Waals surface area (Å²) in [6.45, 7) is 2.29. The van der Waals surface area contributed by atoms with Gasteiger partial charge in [-0.15, -0.1) is 0 Å². The molecule has 0 aliphatic carbocycles. The quantitative estimate of drug-likeness (QED) is 0.515. The first-order valence-electron chi connectivity index (χ1n) is 8.45. The van der Waals surface area contributed by atoms with Gasteiger partial charge in [0, 0.05) is 35.2 Å². The van der Waals surface area contributed by atoms with Crippen molar-refractivity contribution in [2.45, 2.75) is 13.5 Å². The third-order valence-electron chi connectivity index (χ3n) is 4.37.